The van der Waals surface area contributed by atoms with Crippen molar-refractivity contribution < 1.29 is 38.8 Å². The number of nitrogens with two attached hydrogens (primary N) is 2. The third-order valence-electron chi connectivity index (χ3n) is 8.61. The number of para-hydroxylation sites is 1. The molecule has 3 unspecified atom stereocenters. The molecular formula is C40H69N6O8P. The smallest absolute Gasteiger partial charge is 0.319 e. The summed E-state index contributed by atoms with van der Waals surface area (Å²) in [5, 5.41) is 39.1. The van der Waals surface area contributed by atoms with Gasteiger partial charge in [0.2, 0.25) is 0 Å². The van der Waals surface area contributed by atoms with Crippen molar-refractivity contribution in [1.82, 2.24) is 14.6 Å². The minimum atomic E-state index is -0.308. The zero-order valence-corrected chi connectivity index (χ0v) is 35.4. The fraction of sp³-hybridized carbons (Fsp3) is 0.600. The monoisotopic (exact) mass is 792 g/mol. The van der Waals surface area contributed by atoms with E-state index in [1.807, 2.05) is 84.0 Å². The van der Waals surface area contributed by atoms with E-state index in [0.29, 0.717) is 18.3 Å². The number of aliphatic hydroxyl groups is 3. The number of carbonyl (C=O) groups excluding carboxylic acids is 1. The zero-order valence-electron chi connectivity index (χ0n) is 34.3. The van der Waals surface area contributed by atoms with Gasteiger partial charge in [-0.1, -0.05) is 86.4 Å². The summed E-state index contributed by atoms with van der Waals surface area (Å²) in [6.07, 6.45) is 8.46. The molecule has 1 saturated heterocycles. The van der Waals surface area contributed by atoms with E-state index in [1.165, 1.54) is 6.33 Å². The maximum Gasteiger partial charge on any atom is 0.319 e. The molecule has 0 bridgehead atoms. The summed E-state index contributed by atoms with van der Waals surface area (Å²) in [4.78, 5) is 14.5. The van der Waals surface area contributed by atoms with Crippen molar-refractivity contribution in [2.75, 3.05) is 25.5 Å². The molecule has 0 spiro atoms. The lowest BCUT2D eigenvalue weighted by molar-refractivity contribution is -0.143. The molecule has 3 aromatic rings. The van der Waals surface area contributed by atoms with Gasteiger partial charge in [-0.05, 0) is 68.7 Å². The van der Waals surface area contributed by atoms with Gasteiger partial charge in [-0.25, -0.2) is 14.8 Å². The Bertz CT molecular complexity index is 1430. The van der Waals surface area contributed by atoms with E-state index in [-0.39, 0.29) is 55.1 Å². The fourth-order valence-corrected chi connectivity index (χ4v) is 5.25. The number of anilines is 1. The summed E-state index contributed by atoms with van der Waals surface area (Å²) >= 11 is 0. The molecule has 1 aromatic carbocycles. The van der Waals surface area contributed by atoms with Crippen LogP contribution in [-0.4, -0.2) is 67.9 Å². The lowest BCUT2D eigenvalue weighted by Crippen LogP contribution is -2.20. The van der Waals surface area contributed by atoms with E-state index in [9.17, 15) is 15.0 Å². The molecule has 1 aliphatic rings. The van der Waals surface area contributed by atoms with Crippen LogP contribution in [0.5, 0.6) is 5.75 Å². The topological polar surface area (TPSA) is 221 Å². The van der Waals surface area contributed by atoms with Gasteiger partial charge in [-0.3, -0.25) is 4.79 Å². The average Bonchev–Trinajstić information content (AvgIpc) is 3.91. The molecule has 3 atom stereocenters. The Kier molecular flexibility index (Phi) is 32.0. The van der Waals surface area contributed by atoms with Crippen LogP contribution in [0.25, 0.3) is 5.52 Å². The number of rotatable bonds is 15. The average molecular weight is 793 g/mol. The Balaban J connectivity index is 0. The first-order valence-electron chi connectivity index (χ1n) is 19.2. The molecule has 312 valence electrons. The number of nitrogen functional groups attached to an aromatic ring is 1. The van der Waals surface area contributed by atoms with Crippen molar-refractivity contribution in [3.63, 3.8) is 0 Å². The summed E-state index contributed by atoms with van der Waals surface area (Å²) in [5.74, 6) is 1.21. The number of aliphatic hydroxyl groups excluding tert-OH is 3. The molecular weight excluding hydrogens is 723 g/mol. The minimum absolute atomic E-state index is 0.000591. The highest BCUT2D eigenvalue weighted by Crippen LogP contribution is 2.33. The molecule has 3 heterocycles. The fourth-order valence-electron chi connectivity index (χ4n) is 5.09. The van der Waals surface area contributed by atoms with Gasteiger partial charge in [-0.15, -0.1) is 0 Å². The van der Waals surface area contributed by atoms with Gasteiger partial charge < -0.3 is 45.5 Å². The quantitative estimate of drug-likeness (QED) is 0.0555. The number of nitrogens with zero attached hydrogens (tertiary/aromatic N) is 4. The van der Waals surface area contributed by atoms with Crippen molar-refractivity contribution in [2.45, 2.75) is 125 Å². The first-order chi connectivity index (χ1) is 26.6. The molecule has 0 aliphatic carbocycles. The van der Waals surface area contributed by atoms with Crippen molar-refractivity contribution in [1.29, 1.82) is 5.26 Å². The molecule has 55 heavy (non-hydrogen) atoms. The number of hydrogen-bond donors (Lipinski definition) is 5. The second kappa shape index (κ2) is 33.2. The van der Waals surface area contributed by atoms with Crippen LogP contribution < -0.4 is 16.0 Å². The molecule has 0 amide bonds. The van der Waals surface area contributed by atoms with Gasteiger partial charge in [0.15, 0.2) is 11.6 Å². The molecule has 0 radical (unpaired) electrons. The summed E-state index contributed by atoms with van der Waals surface area (Å²) < 4.78 is 22.5. The number of allylic oxidation sites excluding steroid dienone is 1. The molecule has 1 fully saturated rings. The molecule has 0 saturated carbocycles. The first kappa shape index (κ1) is 53.0. The molecule has 14 nitrogen and oxygen atoms in total. The van der Waals surface area contributed by atoms with Crippen LogP contribution in [-0.2, 0) is 19.0 Å². The number of aromatic nitrogens is 3. The van der Waals surface area contributed by atoms with E-state index in [1.54, 1.807) is 4.52 Å². The van der Waals surface area contributed by atoms with Gasteiger partial charge in [-0.2, -0.15) is 5.10 Å². The van der Waals surface area contributed by atoms with E-state index >= 15 is 0 Å². The van der Waals surface area contributed by atoms with Crippen LogP contribution in [0.3, 0.4) is 0 Å². The van der Waals surface area contributed by atoms with Gasteiger partial charge in [0.1, 0.15) is 29.8 Å². The Morgan fingerprint density at radius 3 is 2.04 bits per heavy atom. The van der Waals surface area contributed by atoms with Crippen LogP contribution in [0.4, 0.5) is 5.82 Å². The van der Waals surface area contributed by atoms with E-state index in [2.05, 4.69) is 40.0 Å². The number of ether oxygens (including phenoxy) is 3. The molecule has 4 rings (SSSR count). The van der Waals surface area contributed by atoms with Crippen molar-refractivity contribution in [3.05, 3.63) is 66.2 Å². The number of nitriles is 1. The minimum Gasteiger partial charge on any atom is -0.505 e. The van der Waals surface area contributed by atoms with Crippen molar-refractivity contribution in [3.8, 4) is 12.3 Å². The van der Waals surface area contributed by atoms with Crippen LogP contribution in [0.1, 0.15) is 119 Å². The van der Waals surface area contributed by atoms with Crippen LogP contribution in [0, 0.1) is 23.7 Å². The van der Waals surface area contributed by atoms with Gasteiger partial charge in [0, 0.05) is 12.5 Å². The standard InChI is InChI=1S/C12H24O3.C11H14N4O2.C8H17NO2.C6H7OP.C2H6.CHN/c1-5-9(6-2)11(13)12(14)15-10(7-3)8-4;12-11-9-3-2-8(15(9)14-6-13-11)10-4-1-7(5-16)17-10;1-3-7(4-2)6-11-8(10)5-9;8-7-6-4-2-1-3-5-6;2*1-2/h9-10,13-14H,5-8H2,1-4H3;2-3,6-7,10,16H,1,4-5H2,(H2,12,13,14);7H,3-6,9H2,1-2H3;1-5H,8H2;1-2H3;1H/b12-11-;;;;;. The maximum atomic E-state index is 10.6. The second-order valence-corrected chi connectivity index (χ2v) is 12.2. The van der Waals surface area contributed by atoms with E-state index in [0.717, 1.165) is 68.3 Å². The number of benzene rings is 1. The summed E-state index contributed by atoms with van der Waals surface area (Å²) in [7, 11) is 2.19. The van der Waals surface area contributed by atoms with E-state index in [4.69, 9.17) is 40.6 Å². The Morgan fingerprint density at radius 1 is 0.982 bits per heavy atom. The van der Waals surface area contributed by atoms with E-state index < -0.39 is 0 Å². The van der Waals surface area contributed by atoms with Crippen LogP contribution in [0.15, 0.2) is 60.5 Å². The number of fused-ring (bicyclic) bond motifs is 1. The predicted molar refractivity (Wildman–Crippen MR) is 222 cm³/mol. The second-order valence-electron chi connectivity index (χ2n) is 12.0. The lowest BCUT2D eigenvalue weighted by atomic mass is 10.0. The summed E-state index contributed by atoms with van der Waals surface area (Å²) in [6.45, 7) is 20.2. The largest absolute Gasteiger partial charge is 0.505 e. The third-order valence-corrected chi connectivity index (χ3v) is 8.89. The number of carbonyl (C=O) groups is 1. The van der Waals surface area contributed by atoms with Crippen LogP contribution >= 0.6 is 9.47 Å². The maximum absolute atomic E-state index is 10.6. The van der Waals surface area contributed by atoms with Crippen molar-refractivity contribution >= 4 is 26.8 Å². The summed E-state index contributed by atoms with van der Waals surface area (Å²) in [5.41, 5.74) is 12.6. The SMILES string of the molecule is C#N.CC.CCC(CC)COC(=O)CN.CCC(CC)O/C(O)=C(\O)C(CC)CC.Nc1ncnn2c(C3CCC(CO)O3)ccc12.POc1ccccc1. The highest BCUT2D eigenvalue weighted by molar-refractivity contribution is 7.10. The Hall–Kier alpha value is -4.15. The number of hydrogen-bond acceptors (Lipinski definition) is 13. The van der Waals surface area contributed by atoms with Crippen molar-refractivity contribution in [2.24, 2.45) is 17.6 Å². The first-order valence-corrected chi connectivity index (χ1v) is 19.7. The van der Waals surface area contributed by atoms with Gasteiger partial charge in [0.25, 0.3) is 0 Å². The predicted octanol–water partition coefficient (Wildman–Crippen LogP) is 8.38. The molecule has 1 aliphatic heterocycles. The highest BCUT2D eigenvalue weighted by atomic mass is 31.0. The molecule has 7 N–H and O–H groups in total. The molecule has 2 aromatic heterocycles. The normalized spacial score (nSPS) is 14.6. The van der Waals surface area contributed by atoms with Gasteiger partial charge in [0.05, 0.1) is 41.0 Å². The summed E-state index contributed by atoms with van der Waals surface area (Å²) in [6, 6.07) is 13.4. The zero-order chi connectivity index (χ0) is 42.2. The van der Waals surface area contributed by atoms with Crippen LogP contribution in [0.2, 0.25) is 0 Å². The van der Waals surface area contributed by atoms with Gasteiger partial charge >= 0.3 is 11.9 Å². The highest BCUT2D eigenvalue weighted by Gasteiger charge is 2.28. The Morgan fingerprint density at radius 2 is 1.58 bits per heavy atom. The third kappa shape index (κ3) is 20.4. The Labute approximate surface area is 331 Å². The number of esters is 1. The lowest BCUT2D eigenvalue weighted by Gasteiger charge is -2.18. The molecule has 15 heteroatoms.